The molecule has 1 N–H and O–H groups in total. The summed E-state index contributed by atoms with van der Waals surface area (Å²) in [5.41, 5.74) is 2.11. The second-order valence-corrected chi connectivity index (χ2v) is 4.62. The van der Waals surface area contributed by atoms with Gasteiger partial charge in [-0.2, -0.15) is 0 Å². The van der Waals surface area contributed by atoms with Crippen molar-refractivity contribution in [1.29, 1.82) is 0 Å². The van der Waals surface area contributed by atoms with Gasteiger partial charge < -0.3 is 10.0 Å². The zero-order valence-corrected chi connectivity index (χ0v) is 10.5. The van der Waals surface area contributed by atoms with E-state index in [1.165, 1.54) is 0 Å². The Morgan fingerprint density at radius 2 is 2.11 bits per heavy atom. The Kier molecular flexibility index (Phi) is 4.40. The maximum absolute atomic E-state index is 10.9. The van der Waals surface area contributed by atoms with E-state index in [4.69, 9.17) is 0 Å². The summed E-state index contributed by atoms with van der Waals surface area (Å²) < 4.78 is 0. The summed E-state index contributed by atoms with van der Waals surface area (Å²) in [6.07, 6.45) is 7.89. The topological polar surface area (TPSA) is 40.5 Å². The number of hydrogen-bond acceptors (Lipinski definition) is 2. The molecule has 0 bridgehead atoms. The van der Waals surface area contributed by atoms with E-state index < -0.39 is 0 Å². The van der Waals surface area contributed by atoms with Gasteiger partial charge in [0.05, 0.1) is 0 Å². The lowest BCUT2D eigenvalue weighted by molar-refractivity contribution is -0.116. The predicted molar refractivity (Wildman–Crippen MR) is 71.1 cm³/mol. The van der Waals surface area contributed by atoms with Crippen LogP contribution in [-0.4, -0.2) is 23.0 Å². The lowest BCUT2D eigenvalue weighted by atomic mass is 10.0. The molecule has 1 aromatic rings. The SMILES string of the molecule is O=CN1CCCC=C1CCCc1ccccc1O. The predicted octanol–water partition coefficient (Wildman–Crippen LogP) is 2.85. The van der Waals surface area contributed by atoms with Gasteiger partial charge in [0.1, 0.15) is 5.75 Å². The summed E-state index contributed by atoms with van der Waals surface area (Å²) in [6.45, 7) is 0.839. The third kappa shape index (κ3) is 3.13. The Balaban J connectivity index is 1.87. The summed E-state index contributed by atoms with van der Waals surface area (Å²) in [7, 11) is 0. The van der Waals surface area contributed by atoms with E-state index in [0.29, 0.717) is 5.75 Å². The average molecular weight is 245 g/mol. The molecule has 0 spiro atoms. The Labute approximate surface area is 108 Å². The summed E-state index contributed by atoms with van der Waals surface area (Å²) in [6, 6.07) is 7.43. The van der Waals surface area contributed by atoms with Crippen LogP contribution in [0.5, 0.6) is 5.75 Å². The number of nitrogens with zero attached hydrogens (tertiary/aromatic N) is 1. The van der Waals surface area contributed by atoms with Crippen LogP contribution in [0.2, 0.25) is 0 Å². The minimum absolute atomic E-state index is 0.363. The van der Waals surface area contributed by atoms with Crippen molar-refractivity contribution in [2.24, 2.45) is 0 Å². The number of aryl methyl sites for hydroxylation is 1. The van der Waals surface area contributed by atoms with Crippen molar-refractivity contribution in [3.05, 3.63) is 41.6 Å². The van der Waals surface area contributed by atoms with Gasteiger partial charge in [0.25, 0.3) is 0 Å². The van der Waals surface area contributed by atoms with Crippen LogP contribution in [0.25, 0.3) is 0 Å². The minimum atomic E-state index is 0.363. The van der Waals surface area contributed by atoms with Gasteiger partial charge >= 0.3 is 0 Å². The number of para-hydroxylation sites is 1. The van der Waals surface area contributed by atoms with Crippen molar-refractivity contribution in [1.82, 2.24) is 4.90 Å². The summed E-state index contributed by atoms with van der Waals surface area (Å²) >= 11 is 0. The fourth-order valence-electron chi connectivity index (χ4n) is 2.34. The largest absolute Gasteiger partial charge is 0.508 e. The second-order valence-electron chi connectivity index (χ2n) is 4.62. The number of carbonyl (C=O) groups excluding carboxylic acids is 1. The molecular formula is C15H19NO2. The molecule has 0 saturated heterocycles. The van der Waals surface area contributed by atoms with Gasteiger partial charge in [-0.05, 0) is 43.7 Å². The molecule has 0 saturated carbocycles. The smallest absolute Gasteiger partial charge is 0.213 e. The molecule has 1 aliphatic rings. The molecular weight excluding hydrogens is 226 g/mol. The van der Waals surface area contributed by atoms with Crippen LogP contribution >= 0.6 is 0 Å². The number of rotatable bonds is 5. The summed E-state index contributed by atoms with van der Waals surface area (Å²) in [5, 5.41) is 9.66. The molecule has 3 heteroatoms. The molecule has 18 heavy (non-hydrogen) atoms. The number of phenolic OH excluding ortho intramolecular Hbond substituents is 1. The van der Waals surface area contributed by atoms with E-state index in [2.05, 4.69) is 6.08 Å². The third-order valence-electron chi connectivity index (χ3n) is 3.35. The first-order valence-corrected chi connectivity index (χ1v) is 6.49. The average Bonchev–Trinajstić information content (AvgIpc) is 2.41. The monoisotopic (exact) mass is 245 g/mol. The standard InChI is InChI=1S/C15H19NO2/c17-12-16-11-4-3-8-14(16)9-5-7-13-6-1-2-10-15(13)18/h1-2,6,8,10,12,18H,3-5,7,9,11H2. The van der Waals surface area contributed by atoms with Gasteiger partial charge in [0.2, 0.25) is 6.41 Å². The molecule has 0 aromatic heterocycles. The third-order valence-corrected chi connectivity index (χ3v) is 3.35. The molecule has 2 rings (SSSR count). The fourth-order valence-corrected chi connectivity index (χ4v) is 2.34. The van der Waals surface area contributed by atoms with Crippen LogP contribution in [0.15, 0.2) is 36.0 Å². The first kappa shape index (κ1) is 12.7. The highest BCUT2D eigenvalue weighted by atomic mass is 16.3. The van der Waals surface area contributed by atoms with Crippen molar-refractivity contribution in [3.63, 3.8) is 0 Å². The van der Waals surface area contributed by atoms with Crippen LogP contribution < -0.4 is 0 Å². The molecule has 0 aliphatic carbocycles. The number of amides is 1. The molecule has 1 aromatic carbocycles. The zero-order chi connectivity index (χ0) is 12.8. The maximum Gasteiger partial charge on any atom is 0.213 e. The van der Waals surface area contributed by atoms with Crippen molar-refractivity contribution in [3.8, 4) is 5.75 Å². The lowest BCUT2D eigenvalue weighted by Crippen LogP contribution is -2.25. The normalized spacial score (nSPS) is 15.3. The molecule has 0 fully saturated rings. The second kappa shape index (κ2) is 6.24. The van der Waals surface area contributed by atoms with Crippen LogP contribution in [-0.2, 0) is 11.2 Å². The molecule has 0 atom stereocenters. The Bertz CT molecular complexity index is 440. The number of allylic oxidation sites excluding steroid dienone is 2. The summed E-state index contributed by atoms with van der Waals surface area (Å²) in [5.74, 6) is 0.363. The molecule has 1 heterocycles. The Hall–Kier alpha value is -1.77. The first-order valence-electron chi connectivity index (χ1n) is 6.49. The highest BCUT2D eigenvalue weighted by Gasteiger charge is 2.12. The lowest BCUT2D eigenvalue weighted by Gasteiger charge is -2.24. The number of aromatic hydroxyl groups is 1. The van der Waals surface area contributed by atoms with Crippen LogP contribution in [0.3, 0.4) is 0 Å². The molecule has 96 valence electrons. The minimum Gasteiger partial charge on any atom is -0.508 e. The molecule has 3 nitrogen and oxygen atoms in total. The zero-order valence-electron chi connectivity index (χ0n) is 10.5. The Morgan fingerprint density at radius 1 is 1.28 bits per heavy atom. The van der Waals surface area contributed by atoms with Gasteiger partial charge in [-0.1, -0.05) is 24.3 Å². The highest BCUT2D eigenvalue weighted by Crippen LogP contribution is 2.22. The van der Waals surface area contributed by atoms with Crippen molar-refractivity contribution in [2.45, 2.75) is 32.1 Å². The van der Waals surface area contributed by atoms with Gasteiger partial charge in [-0.25, -0.2) is 0 Å². The van der Waals surface area contributed by atoms with E-state index in [0.717, 1.165) is 56.3 Å². The van der Waals surface area contributed by atoms with Gasteiger partial charge in [0, 0.05) is 12.2 Å². The number of phenols is 1. The van der Waals surface area contributed by atoms with E-state index in [-0.39, 0.29) is 0 Å². The number of benzene rings is 1. The first-order chi connectivity index (χ1) is 8.81. The van der Waals surface area contributed by atoms with E-state index >= 15 is 0 Å². The van der Waals surface area contributed by atoms with Crippen LogP contribution in [0, 0.1) is 0 Å². The molecule has 0 unspecified atom stereocenters. The Morgan fingerprint density at radius 3 is 2.89 bits per heavy atom. The quantitative estimate of drug-likeness (QED) is 0.810. The molecule has 1 amide bonds. The van der Waals surface area contributed by atoms with Gasteiger partial charge in [-0.15, -0.1) is 0 Å². The summed E-state index contributed by atoms with van der Waals surface area (Å²) in [4.78, 5) is 12.7. The van der Waals surface area contributed by atoms with Crippen molar-refractivity contribution in [2.75, 3.05) is 6.54 Å². The highest BCUT2D eigenvalue weighted by molar-refractivity contribution is 5.51. The van der Waals surface area contributed by atoms with Crippen LogP contribution in [0.4, 0.5) is 0 Å². The number of hydrogen-bond donors (Lipinski definition) is 1. The number of carbonyl (C=O) groups is 1. The molecule has 1 aliphatic heterocycles. The van der Waals surface area contributed by atoms with Crippen molar-refractivity contribution < 1.29 is 9.90 Å². The van der Waals surface area contributed by atoms with E-state index in [1.54, 1.807) is 11.0 Å². The fraction of sp³-hybridized carbons (Fsp3) is 0.400. The van der Waals surface area contributed by atoms with E-state index in [9.17, 15) is 9.90 Å². The molecule has 0 radical (unpaired) electrons. The van der Waals surface area contributed by atoms with Crippen molar-refractivity contribution >= 4 is 6.41 Å². The van der Waals surface area contributed by atoms with Gasteiger partial charge in [-0.3, -0.25) is 4.79 Å². The van der Waals surface area contributed by atoms with E-state index in [1.807, 2.05) is 18.2 Å². The van der Waals surface area contributed by atoms with Gasteiger partial charge in [0.15, 0.2) is 0 Å². The van der Waals surface area contributed by atoms with Crippen LogP contribution in [0.1, 0.15) is 31.2 Å². The maximum atomic E-state index is 10.9.